The minimum atomic E-state index is -0.386. The molecule has 0 saturated heterocycles. The van der Waals surface area contributed by atoms with Crippen LogP contribution in [0.4, 0.5) is 4.39 Å². The number of thiophene rings is 1. The third-order valence-electron chi connectivity index (χ3n) is 2.62. The van der Waals surface area contributed by atoms with Gasteiger partial charge < -0.3 is 5.32 Å². The van der Waals surface area contributed by atoms with Crippen LogP contribution in [0.1, 0.15) is 23.4 Å². The molecule has 1 unspecified atom stereocenters. The SMILES string of the molecule is CC(NCc1ccc(Cl)c(F)c1)c1ccc(Cl)s1. The van der Waals surface area contributed by atoms with E-state index in [4.69, 9.17) is 23.2 Å². The number of halogens is 3. The van der Waals surface area contributed by atoms with Gasteiger partial charge in [0.05, 0.1) is 9.36 Å². The van der Waals surface area contributed by atoms with Crippen molar-refractivity contribution in [3.05, 3.63) is 55.9 Å². The predicted molar refractivity (Wildman–Crippen MR) is 76.0 cm³/mol. The normalized spacial score (nSPS) is 12.7. The van der Waals surface area contributed by atoms with Crippen molar-refractivity contribution in [2.75, 3.05) is 0 Å². The highest BCUT2D eigenvalue weighted by atomic mass is 35.5. The predicted octanol–water partition coefficient (Wildman–Crippen LogP) is 5.04. The molecule has 96 valence electrons. The molecule has 1 atom stereocenters. The van der Waals surface area contributed by atoms with E-state index < -0.39 is 0 Å². The second-order valence-corrected chi connectivity index (χ2v) is 6.15. The Morgan fingerprint density at radius 3 is 2.67 bits per heavy atom. The van der Waals surface area contributed by atoms with Crippen LogP contribution in [-0.4, -0.2) is 0 Å². The monoisotopic (exact) mass is 303 g/mol. The van der Waals surface area contributed by atoms with Crippen LogP contribution in [-0.2, 0) is 6.54 Å². The van der Waals surface area contributed by atoms with Gasteiger partial charge in [0.2, 0.25) is 0 Å². The van der Waals surface area contributed by atoms with Crippen molar-refractivity contribution in [3.63, 3.8) is 0 Å². The third kappa shape index (κ3) is 3.45. The first-order valence-electron chi connectivity index (χ1n) is 5.49. The van der Waals surface area contributed by atoms with Gasteiger partial charge in [-0.1, -0.05) is 29.3 Å². The van der Waals surface area contributed by atoms with E-state index in [0.29, 0.717) is 6.54 Å². The van der Waals surface area contributed by atoms with E-state index in [1.165, 1.54) is 6.07 Å². The van der Waals surface area contributed by atoms with Crippen molar-refractivity contribution in [1.82, 2.24) is 5.32 Å². The zero-order chi connectivity index (χ0) is 13.1. The topological polar surface area (TPSA) is 12.0 Å². The average molecular weight is 304 g/mol. The summed E-state index contributed by atoms with van der Waals surface area (Å²) in [5.41, 5.74) is 0.867. The van der Waals surface area contributed by atoms with Crippen LogP contribution < -0.4 is 5.32 Å². The molecule has 0 radical (unpaired) electrons. The number of rotatable bonds is 4. The molecule has 0 saturated carbocycles. The van der Waals surface area contributed by atoms with Gasteiger partial charge in [-0.25, -0.2) is 4.39 Å². The summed E-state index contributed by atoms with van der Waals surface area (Å²) in [6.45, 7) is 2.64. The van der Waals surface area contributed by atoms with Gasteiger partial charge in [-0.2, -0.15) is 0 Å². The molecule has 1 aromatic heterocycles. The molecule has 0 amide bonds. The first kappa shape index (κ1) is 13.8. The Kier molecular flexibility index (Phi) is 4.62. The summed E-state index contributed by atoms with van der Waals surface area (Å²) in [5, 5.41) is 3.47. The Morgan fingerprint density at radius 1 is 1.28 bits per heavy atom. The summed E-state index contributed by atoms with van der Waals surface area (Å²) in [4.78, 5) is 1.16. The molecule has 2 aromatic rings. The van der Waals surface area contributed by atoms with Gasteiger partial charge in [0, 0.05) is 17.5 Å². The zero-order valence-corrected chi connectivity index (χ0v) is 12.0. The quantitative estimate of drug-likeness (QED) is 0.834. The highest BCUT2D eigenvalue weighted by molar-refractivity contribution is 7.16. The molecule has 5 heteroatoms. The van der Waals surface area contributed by atoms with Crippen molar-refractivity contribution < 1.29 is 4.39 Å². The van der Waals surface area contributed by atoms with E-state index in [1.54, 1.807) is 17.4 Å². The number of hydrogen-bond acceptors (Lipinski definition) is 2. The summed E-state index contributed by atoms with van der Waals surface area (Å²) in [6.07, 6.45) is 0. The molecule has 1 N–H and O–H groups in total. The second-order valence-electron chi connectivity index (χ2n) is 3.99. The lowest BCUT2D eigenvalue weighted by molar-refractivity contribution is 0.576. The van der Waals surface area contributed by atoms with Gasteiger partial charge in [-0.05, 0) is 36.8 Å². The van der Waals surface area contributed by atoms with Gasteiger partial charge in [0.1, 0.15) is 5.82 Å². The smallest absolute Gasteiger partial charge is 0.142 e. The van der Waals surface area contributed by atoms with Crippen LogP contribution in [0.3, 0.4) is 0 Å². The zero-order valence-electron chi connectivity index (χ0n) is 9.71. The fraction of sp³-hybridized carbons (Fsp3) is 0.231. The van der Waals surface area contributed by atoms with Gasteiger partial charge in [0.15, 0.2) is 0 Å². The lowest BCUT2D eigenvalue weighted by atomic mass is 10.2. The van der Waals surface area contributed by atoms with E-state index in [9.17, 15) is 4.39 Å². The number of nitrogens with one attached hydrogen (secondary N) is 1. The summed E-state index contributed by atoms with van der Waals surface area (Å²) < 4.78 is 14.0. The van der Waals surface area contributed by atoms with Crippen molar-refractivity contribution in [3.8, 4) is 0 Å². The van der Waals surface area contributed by atoms with E-state index in [-0.39, 0.29) is 16.9 Å². The summed E-state index contributed by atoms with van der Waals surface area (Å²) in [7, 11) is 0. The Labute approximate surface area is 120 Å². The van der Waals surface area contributed by atoms with E-state index in [1.807, 2.05) is 18.2 Å². The van der Waals surface area contributed by atoms with Crippen LogP contribution in [0.2, 0.25) is 9.36 Å². The summed E-state index contributed by atoms with van der Waals surface area (Å²) >= 11 is 13.1. The maximum absolute atomic E-state index is 13.3. The van der Waals surface area contributed by atoms with Crippen LogP contribution in [0.15, 0.2) is 30.3 Å². The average Bonchev–Trinajstić information content (AvgIpc) is 2.77. The van der Waals surface area contributed by atoms with Gasteiger partial charge in [-0.15, -0.1) is 11.3 Å². The highest BCUT2D eigenvalue weighted by Crippen LogP contribution is 2.26. The Hall–Kier alpha value is -0.610. The van der Waals surface area contributed by atoms with E-state index in [2.05, 4.69) is 12.2 Å². The lowest BCUT2D eigenvalue weighted by Gasteiger charge is -2.12. The third-order valence-corrected chi connectivity index (χ3v) is 4.34. The molecule has 1 aromatic carbocycles. The van der Waals surface area contributed by atoms with Crippen LogP contribution in [0, 0.1) is 5.82 Å². The minimum Gasteiger partial charge on any atom is -0.305 e. The first-order valence-corrected chi connectivity index (χ1v) is 7.06. The Bertz CT molecular complexity index is 542. The molecule has 0 spiro atoms. The summed E-state index contributed by atoms with van der Waals surface area (Å²) in [6, 6.07) is 8.88. The van der Waals surface area contributed by atoms with Crippen molar-refractivity contribution in [1.29, 1.82) is 0 Å². The molecule has 2 rings (SSSR count). The Balaban J connectivity index is 1.97. The summed E-state index contributed by atoms with van der Waals surface area (Å²) in [5.74, 6) is -0.386. The van der Waals surface area contributed by atoms with E-state index >= 15 is 0 Å². The lowest BCUT2D eigenvalue weighted by Crippen LogP contribution is -2.17. The molecular weight excluding hydrogens is 292 g/mol. The molecular formula is C13H12Cl2FNS. The Morgan fingerprint density at radius 2 is 2.06 bits per heavy atom. The molecule has 0 bridgehead atoms. The molecule has 18 heavy (non-hydrogen) atoms. The van der Waals surface area contributed by atoms with Gasteiger partial charge >= 0.3 is 0 Å². The highest BCUT2D eigenvalue weighted by Gasteiger charge is 2.08. The molecule has 1 nitrogen and oxygen atoms in total. The van der Waals surface area contributed by atoms with E-state index in [0.717, 1.165) is 14.8 Å². The van der Waals surface area contributed by atoms with Gasteiger partial charge in [-0.3, -0.25) is 0 Å². The molecule has 0 aliphatic heterocycles. The molecule has 0 aliphatic rings. The first-order chi connectivity index (χ1) is 8.56. The fourth-order valence-corrected chi connectivity index (χ4v) is 2.79. The maximum Gasteiger partial charge on any atom is 0.142 e. The van der Waals surface area contributed by atoms with Crippen LogP contribution in [0.25, 0.3) is 0 Å². The van der Waals surface area contributed by atoms with Gasteiger partial charge in [0.25, 0.3) is 0 Å². The number of hydrogen-bond donors (Lipinski definition) is 1. The largest absolute Gasteiger partial charge is 0.305 e. The van der Waals surface area contributed by atoms with Crippen molar-refractivity contribution in [2.45, 2.75) is 19.5 Å². The minimum absolute atomic E-state index is 0.150. The molecule has 1 heterocycles. The van der Waals surface area contributed by atoms with Crippen LogP contribution >= 0.6 is 34.5 Å². The number of benzene rings is 1. The van der Waals surface area contributed by atoms with Crippen molar-refractivity contribution in [2.24, 2.45) is 0 Å². The maximum atomic E-state index is 13.3. The molecule has 0 aliphatic carbocycles. The standard InChI is InChI=1S/C13H12Cl2FNS/c1-8(12-4-5-13(15)18-12)17-7-9-2-3-10(14)11(16)6-9/h2-6,8,17H,7H2,1H3. The fourth-order valence-electron chi connectivity index (χ4n) is 1.58. The molecule has 0 fully saturated rings. The van der Waals surface area contributed by atoms with Crippen molar-refractivity contribution >= 4 is 34.5 Å². The van der Waals surface area contributed by atoms with Crippen LogP contribution in [0.5, 0.6) is 0 Å². The second kappa shape index (κ2) is 6.02.